The number of nitro benzene ring substituents is 1. The number of halogens is 1. The van der Waals surface area contributed by atoms with Crippen LogP contribution in [-0.4, -0.2) is 4.92 Å². The lowest BCUT2D eigenvalue weighted by molar-refractivity contribution is -0.386. The van der Waals surface area contributed by atoms with Gasteiger partial charge in [0.05, 0.1) is 17.4 Å². The number of nitrogens with zero attached hydrogens (tertiary/aromatic N) is 2. The number of hydrogen-bond acceptors (Lipinski definition) is 4. The number of hydrogen-bond donors (Lipinski definition) is 1. The minimum atomic E-state index is -0.888. The van der Waals surface area contributed by atoms with E-state index >= 15 is 0 Å². The van der Waals surface area contributed by atoms with Crippen LogP contribution in [0.2, 0.25) is 0 Å². The third kappa shape index (κ3) is 2.90. The van der Waals surface area contributed by atoms with Crippen LogP contribution in [0.25, 0.3) is 0 Å². The van der Waals surface area contributed by atoms with Crippen LogP contribution in [0.5, 0.6) is 0 Å². The van der Waals surface area contributed by atoms with Crippen molar-refractivity contribution < 1.29 is 9.31 Å². The van der Waals surface area contributed by atoms with E-state index in [1.165, 1.54) is 12.1 Å². The minimum Gasteiger partial charge on any atom is -0.350 e. The largest absolute Gasteiger partial charge is 0.350 e. The van der Waals surface area contributed by atoms with Crippen molar-refractivity contribution in [1.29, 1.82) is 5.26 Å². The van der Waals surface area contributed by atoms with Crippen LogP contribution >= 0.6 is 0 Å². The lowest BCUT2D eigenvalue weighted by Crippen LogP contribution is -1.99. The van der Waals surface area contributed by atoms with Crippen LogP contribution < -0.4 is 5.32 Å². The van der Waals surface area contributed by atoms with Gasteiger partial charge in [-0.1, -0.05) is 18.2 Å². The highest BCUT2D eigenvalue weighted by Crippen LogP contribution is 2.30. The summed E-state index contributed by atoms with van der Waals surface area (Å²) in [5.74, 6) is -0.888. The van der Waals surface area contributed by atoms with Gasteiger partial charge >= 0.3 is 5.69 Å². The SMILES string of the molecule is N#CCc1ccc(Nc2cccc(F)c2[N+](=O)[O-])cc1. The van der Waals surface area contributed by atoms with Crippen molar-refractivity contribution in [3.05, 3.63) is 64.0 Å². The van der Waals surface area contributed by atoms with Crippen molar-refractivity contribution in [1.82, 2.24) is 0 Å². The number of nitro groups is 1. The molecule has 0 aliphatic rings. The van der Waals surface area contributed by atoms with E-state index in [0.29, 0.717) is 12.1 Å². The van der Waals surface area contributed by atoms with Crippen LogP contribution in [0, 0.1) is 27.3 Å². The van der Waals surface area contributed by atoms with Crippen molar-refractivity contribution >= 4 is 17.1 Å². The van der Waals surface area contributed by atoms with Gasteiger partial charge in [0, 0.05) is 5.69 Å². The average molecular weight is 271 g/mol. The van der Waals surface area contributed by atoms with Crippen LogP contribution in [0.3, 0.4) is 0 Å². The lowest BCUT2D eigenvalue weighted by atomic mass is 10.1. The summed E-state index contributed by atoms with van der Waals surface area (Å²) < 4.78 is 13.5. The van der Waals surface area contributed by atoms with Crippen LogP contribution in [0.15, 0.2) is 42.5 Å². The average Bonchev–Trinajstić information content (AvgIpc) is 2.41. The molecule has 0 aliphatic carbocycles. The molecule has 0 saturated heterocycles. The monoisotopic (exact) mass is 271 g/mol. The molecule has 0 aromatic heterocycles. The number of rotatable bonds is 4. The highest BCUT2D eigenvalue weighted by Gasteiger charge is 2.19. The number of anilines is 2. The standard InChI is InChI=1S/C14H10FN3O2/c15-12-2-1-3-13(14(12)18(19)20)17-11-6-4-10(5-7-11)8-9-16/h1-7,17H,8H2. The topological polar surface area (TPSA) is 79.0 Å². The van der Waals surface area contributed by atoms with Gasteiger partial charge in [-0.15, -0.1) is 0 Å². The molecule has 20 heavy (non-hydrogen) atoms. The number of benzene rings is 2. The smallest absolute Gasteiger partial charge is 0.327 e. The van der Waals surface area contributed by atoms with Gasteiger partial charge < -0.3 is 5.32 Å². The summed E-state index contributed by atoms with van der Waals surface area (Å²) in [5.41, 5.74) is 0.920. The first-order valence-corrected chi connectivity index (χ1v) is 5.77. The van der Waals surface area contributed by atoms with Crippen LogP contribution in [0.4, 0.5) is 21.5 Å². The zero-order valence-electron chi connectivity index (χ0n) is 10.3. The quantitative estimate of drug-likeness (QED) is 0.681. The second-order valence-corrected chi connectivity index (χ2v) is 4.05. The van der Waals surface area contributed by atoms with Gasteiger partial charge in [-0.05, 0) is 29.8 Å². The normalized spacial score (nSPS) is 9.80. The van der Waals surface area contributed by atoms with E-state index in [4.69, 9.17) is 5.26 Å². The second-order valence-electron chi connectivity index (χ2n) is 4.05. The fourth-order valence-electron chi connectivity index (χ4n) is 1.75. The molecule has 0 unspecified atom stereocenters. The molecule has 0 atom stereocenters. The van der Waals surface area contributed by atoms with E-state index in [2.05, 4.69) is 5.32 Å². The molecule has 2 aromatic carbocycles. The number of nitriles is 1. The Morgan fingerprint density at radius 1 is 1.25 bits per heavy atom. The van der Waals surface area contributed by atoms with Crippen molar-refractivity contribution in [3.63, 3.8) is 0 Å². The predicted octanol–water partition coefficient (Wildman–Crippen LogP) is 3.54. The molecule has 2 rings (SSSR count). The van der Waals surface area contributed by atoms with E-state index in [1.807, 2.05) is 6.07 Å². The van der Waals surface area contributed by atoms with Crippen LogP contribution in [-0.2, 0) is 6.42 Å². The van der Waals surface area contributed by atoms with Gasteiger partial charge in [0.25, 0.3) is 0 Å². The Balaban J connectivity index is 2.28. The molecule has 100 valence electrons. The van der Waals surface area contributed by atoms with Crippen molar-refractivity contribution in [2.75, 3.05) is 5.32 Å². The molecule has 0 spiro atoms. The second kappa shape index (κ2) is 5.80. The molecule has 6 heteroatoms. The van der Waals surface area contributed by atoms with Crippen molar-refractivity contribution in [2.24, 2.45) is 0 Å². The highest BCUT2D eigenvalue weighted by atomic mass is 19.1. The maximum absolute atomic E-state index is 13.5. The molecule has 2 aromatic rings. The summed E-state index contributed by atoms with van der Waals surface area (Å²) in [7, 11) is 0. The maximum Gasteiger partial charge on any atom is 0.327 e. The van der Waals surface area contributed by atoms with Crippen molar-refractivity contribution in [3.8, 4) is 6.07 Å². The van der Waals surface area contributed by atoms with E-state index in [1.54, 1.807) is 24.3 Å². The Morgan fingerprint density at radius 3 is 2.55 bits per heavy atom. The first-order chi connectivity index (χ1) is 9.61. The highest BCUT2D eigenvalue weighted by molar-refractivity contribution is 5.69. The van der Waals surface area contributed by atoms with Gasteiger partial charge in [-0.3, -0.25) is 10.1 Å². The zero-order valence-corrected chi connectivity index (χ0v) is 10.3. The Labute approximate surface area is 114 Å². The summed E-state index contributed by atoms with van der Waals surface area (Å²) >= 11 is 0. The van der Waals surface area contributed by atoms with Crippen LogP contribution in [0.1, 0.15) is 5.56 Å². The Hall–Kier alpha value is -2.94. The fraction of sp³-hybridized carbons (Fsp3) is 0.0714. The molecule has 5 nitrogen and oxygen atoms in total. The van der Waals surface area contributed by atoms with Gasteiger partial charge in [0.2, 0.25) is 5.82 Å². The van der Waals surface area contributed by atoms with E-state index in [-0.39, 0.29) is 5.69 Å². The molecular formula is C14H10FN3O2. The fourth-order valence-corrected chi connectivity index (χ4v) is 1.75. The Morgan fingerprint density at radius 2 is 1.95 bits per heavy atom. The van der Waals surface area contributed by atoms with E-state index < -0.39 is 16.4 Å². The maximum atomic E-state index is 13.5. The third-order valence-corrected chi connectivity index (χ3v) is 2.69. The molecule has 0 saturated carbocycles. The van der Waals surface area contributed by atoms with Gasteiger partial charge in [-0.2, -0.15) is 9.65 Å². The third-order valence-electron chi connectivity index (χ3n) is 2.69. The number of nitrogens with one attached hydrogen (secondary N) is 1. The summed E-state index contributed by atoms with van der Waals surface area (Å²) in [4.78, 5) is 10.1. The Bertz CT molecular complexity index is 678. The molecule has 0 fully saturated rings. The van der Waals surface area contributed by atoms with Gasteiger partial charge in [-0.25, -0.2) is 0 Å². The first-order valence-electron chi connectivity index (χ1n) is 5.77. The van der Waals surface area contributed by atoms with Gasteiger partial charge in [0.15, 0.2) is 0 Å². The molecule has 0 bridgehead atoms. The number of para-hydroxylation sites is 1. The summed E-state index contributed by atoms with van der Waals surface area (Å²) in [5, 5.41) is 22.2. The van der Waals surface area contributed by atoms with Crippen molar-refractivity contribution in [2.45, 2.75) is 6.42 Å². The Kier molecular flexibility index (Phi) is 3.91. The predicted molar refractivity (Wildman–Crippen MR) is 72.1 cm³/mol. The molecule has 0 radical (unpaired) electrons. The molecular weight excluding hydrogens is 261 g/mol. The molecule has 0 amide bonds. The van der Waals surface area contributed by atoms with E-state index in [9.17, 15) is 14.5 Å². The minimum absolute atomic E-state index is 0.0861. The summed E-state index contributed by atoms with van der Waals surface area (Å²) in [6.45, 7) is 0. The summed E-state index contributed by atoms with van der Waals surface area (Å²) in [6, 6.07) is 12.7. The molecule has 0 heterocycles. The first kappa shape index (κ1) is 13.5. The molecule has 1 N–H and O–H groups in total. The lowest BCUT2D eigenvalue weighted by Gasteiger charge is -2.07. The zero-order chi connectivity index (χ0) is 14.5. The van der Waals surface area contributed by atoms with Gasteiger partial charge in [0.1, 0.15) is 5.69 Å². The van der Waals surface area contributed by atoms with E-state index in [0.717, 1.165) is 11.6 Å². The molecule has 0 aliphatic heterocycles. The summed E-state index contributed by atoms with van der Waals surface area (Å²) in [6.07, 6.45) is 0.292.